The standard InChI is InChI=1S/C19H20O2/c1-14(2)18(20)21-17-12-10-16(11-13-17)19(3,4)15-8-6-5-7-9-15/h5-13H,1H2,2-4H3. The Hall–Kier alpha value is -2.35. The Bertz CT molecular complexity index is 637. The topological polar surface area (TPSA) is 26.3 Å². The first-order valence-corrected chi connectivity index (χ1v) is 6.95. The van der Waals surface area contributed by atoms with Gasteiger partial charge in [0, 0.05) is 11.0 Å². The maximum atomic E-state index is 11.5. The molecular weight excluding hydrogens is 260 g/mol. The fourth-order valence-corrected chi connectivity index (χ4v) is 2.16. The molecule has 0 fully saturated rings. The predicted octanol–water partition coefficient (Wildman–Crippen LogP) is 4.49. The lowest BCUT2D eigenvalue weighted by Crippen LogP contribution is -2.18. The molecule has 0 N–H and O–H groups in total. The van der Waals surface area contributed by atoms with E-state index in [2.05, 4.69) is 32.6 Å². The van der Waals surface area contributed by atoms with E-state index >= 15 is 0 Å². The minimum atomic E-state index is -0.398. The van der Waals surface area contributed by atoms with Crippen LogP contribution in [0.1, 0.15) is 31.9 Å². The second-order valence-corrected chi connectivity index (χ2v) is 5.69. The highest BCUT2D eigenvalue weighted by atomic mass is 16.5. The lowest BCUT2D eigenvalue weighted by atomic mass is 9.78. The van der Waals surface area contributed by atoms with Crippen LogP contribution in [-0.4, -0.2) is 5.97 Å². The summed E-state index contributed by atoms with van der Waals surface area (Å²) >= 11 is 0. The van der Waals surface area contributed by atoms with Gasteiger partial charge in [-0.25, -0.2) is 4.79 Å². The number of hydrogen-bond donors (Lipinski definition) is 0. The SMILES string of the molecule is C=C(C)C(=O)Oc1ccc(C(C)(C)c2ccccc2)cc1. The molecule has 0 unspecified atom stereocenters. The molecule has 0 heterocycles. The van der Waals surface area contributed by atoms with Crippen molar-refractivity contribution in [1.29, 1.82) is 0 Å². The molecule has 0 spiro atoms. The third kappa shape index (κ3) is 3.40. The van der Waals surface area contributed by atoms with Crippen LogP contribution in [0.15, 0.2) is 66.7 Å². The van der Waals surface area contributed by atoms with Gasteiger partial charge in [0.25, 0.3) is 0 Å². The van der Waals surface area contributed by atoms with Crippen molar-refractivity contribution in [3.63, 3.8) is 0 Å². The van der Waals surface area contributed by atoms with Gasteiger partial charge >= 0.3 is 5.97 Å². The number of carbonyl (C=O) groups is 1. The highest BCUT2D eigenvalue weighted by Gasteiger charge is 2.22. The zero-order valence-corrected chi connectivity index (χ0v) is 12.7. The van der Waals surface area contributed by atoms with Crippen molar-refractivity contribution < 1.29 is 9.53 Å². The first-order chi connectivity index (χ1) is 9.91. The van der Waals surface area contributed by atoms with E-state index in [1.165, 1.54) is 11.1 Å². The first kappa shape index (κ1) is 15.0. The van der Waals surface area contributed by atoms with E-state index < -0.39 is 5.97 Å². The van der Waals surface area contributed by atoms with E-state index in [1.54, 1.807) is 6.92 Å². The molecule has 2 aromatic carbocycles. The smallest absolute Gasteiger partial charge is 0.338 e. The van der Waals surface area contributed by atoms with Gasteiger partial charge in [-0.15, -0.1) is 0 Å². The molecule has 0 aliphatic carbocycles. The Morgan fingerprint density at radius 3 is 2.00 bits per heavy atom. The van der Waals surface area contributed by atoms with Crippen LogP contribution in [0.25, 0.3) is 0 Å². The van der Waals surface area contributed by atoms with Crippen LogP contribution < -0.4 is 4.74 Å². The molecule has 0 radical (unpaired) electrons. The van der Waals surface area contributed by atoms with Gasteiger partial charge in [0.05, 0.1) is 0 Å². The molecule has 2 nitrogen and oxygen atoms in total. The molecule has 0 saturated heterocycles. The van der Waals surface area contributed by atoms with Gasteiger partial charge in [-0.1, -0.05) is 62.9 Å². The third-order valence-corrected chi connectivity index (χ3v) is 3.63. The van der Waals surface area contributed by atoms with Crippen LogP contribution in [0.4, 0.5) is 0 Å². The van der Waals surface area contributed by atoms with E-state index in [0.717, 1.165) is 0 Å². The van der Waals surface area contributed by atoms with E-state index in [1.807, 2.05) is 42.5 Å². The molecule has 0 aromatic heterocycles. The van der Waals surface area contributed by atoms with Crippen LogP contribution in [0.5, 0.6) is 5.75 Å². The van der Waals surface area contributed by atoms with Crippen molar-refractivity contribution in [2.45, 2.75) is 26.2 Å². The Labute approximate surface area is 126 Å². The van der Waals surface area contributed by atoms with Crippen LogP contribution in [0, 0.1) is 0 Å². The van der Waals surface area contributed by atoms with Crippen molar-refractivity contribution in [3.8, 4) is 5.75 Å². The van der Waals surface area contributed by atoms with Crippen LogP contribution >= 0.6 is 0 Å². The average molecular weight is 280 g/mol. The summed E-state index contributed by atoms with van der Waals surface area (Å²) in [5.74, 6) is 0.140. The number of rotatable bonds is 4. The van der Waals surface area contributed by atoms with Crippen molar-refractivity contribution in [3.05, 3.63) is 77.9 Å². The quantitative estimate of drug-likeness (QED) is 0.468. The molecule has 0 aliphatic heterocycles. The summed E-state index contributed by atoms with van der Waals surface area (Å²) in [5.41, 5.74) is 2.71. The molecule has 0 saturated carbocycles. The van der Waals surface area contributed by atoms with Gasteiger partial charge in [-0.3, -0.25) is 0 Å². The average Bonchev–Trinajstić information content (AvgIpc) is 2.48. The van der Waals surface area contributed by atoms with Crippen molar-refractivity contribution >= 4 is 5.97 Å². The van der Waals surface area contributed by atoms with Gasteiger partial charge in [-0.2, -0.15) is 0 Å². The fraction of sp³-hybridized carbons (Fsp3) is 0.211. The van der Waals surface area contributed by atoms with Crippen molar-refractivity contribution in [2.75, 3.05) is 0 Å². The van der Waals surface area contributed by atoms with Crippen molar-refractivity contribution in [1.82, 2.24) is 0 Å². The Morgan fingerprint density at radius 2 is 1.48 bits per heavy atom. The zero-order chi connectivity index (χ0) is 15.5. The zero-order valence-electron chi connectivity index (χ0n) is 12.7. The van der Waals surface area contributed by atoms with Gasteiger partial charge in [0.1, 0.15) is 5.75 Å². The summed E-state index contributed by atoms with van der Waals surface area (Å²) in [6.45, 7) is 9.56. The summed E-state index contributed by atoms with van der Waals surface area (Å²) in [4.78, 5) is 11.5. The van der Waals surface area contributed by atoms with Crippen LogP contribution in [0.2, 0.25) is 0 Å². The molecule has 2 heteroatoms. The van der Waals surface area contributed by atoms with Gasteiger partial charge < -0.3 is 4.74 Å². The molecule has 0 aliphatic rings. The molecule has 21 heavy (non-hydrogen) atoms. The molecule has 2 rings (SSSR count). The Kier molecular flexibility index (Phi) is 4.27. The first-order valence-electron chi connectivity index (χ1n) is 6.95. The van der Waals surface area contributed by atoms with Gasteiger partial charge in [0.2, 0.25) is 0 Å². The lowest BCUT2D eigenvalue weighted by molar-refractivity contribution is -0.130. The highest BCUT2D eigenvalue weighted by Crippen LogP contribution is 2.32. The van der Waals surface area contributed by atoms with E-state index in [4.69, 9.17) is 4.74 Å². The van der Waals surface area contributed by atoms with Gasteiger partial charge in [-0.05, 0) is 30.2 Å². The third-order valence-electron chi connectivity index (χ3n) is 3.63. The molecule has 2 aromatic rings. The molecule has 108 valence electrons. The lowest BCUT2D eigenvalue weighted by Gasteiger charge is -2.26. The monoisotopic (exact) mass is 280 g/mol. The van der Waals surface area contributed by atoms with E-state index in [-0.39, 0.29) is 5.41 Å². The second kappa shape index (κ2) is 5.96. The summed E-state index contributed by atoms with van der Waals surface area (Å²) < 4.78 is 5.21. The maximum Gasteiger partial charge on any atom is 0.338 e. The summed E-state index contributed by atoms with van der Waals surface area (Å²) in [5, 5.41) is 0. The van der Waals surface area contributed by atoms with Crippen LogP contribution in [0.3, 0.4) is 0 Å². The Balaban J connectivity index is 2.22. The second-order valence-electron chi connectivity index (χ2n) is 5.69. The van der Waals surface area contributed by atoms with Crippen molar-refractivity contribution in [2.24, 2.45) is 0 Å². The maximum absolute atomic E-state index is 11.5. The van der Waals surface area contributed by atoms with E-state index in [9.17, 15) is 4.79 Å². The largest absolute Gasteiger partial charge is 0.423 e. The molecule has 0 bridgehead atoms. The summed E-state index contributed by atoms with van der Waals surface area (Å²) in [7, 11) is 0. The number of benzene rings is 2. The van der Waals surface area contributed by atoms with Crippen LogP contribution in [-0.2, 0) is 10.2 Å². The minimum Gasteiger partial charge on any atom is -0.423 e. The molecular formula is C19H20O2. The van der Waals surface area contributed by atoms with E-state index in [0.29, 0.717) is 11.3 Å². The molecule has 0 amide bonds. The predicted molar refractivity (Wildman–Crippen MR) is 85.5 cm³/mol. The van der Waals surface area contributed by atoms with Gasteiger partial charge in [0.15, 0.2) is 0 Å². The normalized spacial score (nSPS) is 11.0. The molecule has 0 atom stereocenters. The number of esters is 1. The Morgan fingerprint density at radius 1 is 0.952 bits per heavy atom. The minimum absolute atomic E-state index is 0.0991. The highest BCUT2D eigenvalue weighted by molar-refractivity contribution is 5.88. The number of hydrogen-bond acceptors (Lipinski definition) is 2. The summed E-state index contributed by atoms with van der Waals surface area (Å²) in [6, 6.07) is 18.0. The number of carbonyl (C=O) groups excluding carboxylic acids is 1. The number of ether oxygens (including phenoxy) is 1. The fourth-order valence-electron chi connectivity index (χ4n) is 2.16. The summed E-state index contributed by atoms with van der Waals surface area (Å²) in [6.07, 6.45) is 0.